The van der Waals surface area contributed by atoms with Crippen LogP contribution in [0.5, 0.6) is 5.75 Å². The largest absolute Gasteiger partial charge is 0.497 e. The smallest absolute Gasteiger partial charge is 0.225 e. The van der Waals surface area contributed by atoms with Gasteiger partial charge in [0.05, 0.1) is 19.1 Å². The first-order valence-corrected chi connectivity index (χ1v) is 8.95. The fourth-order valence-electron chi connectivity index (χ4n) is 3.42. The van der Waals surface area contributed by atoms with E-state index in [4.69, 9.17) is 9.47 Å². The minimum Gasteiger partial charge on any atom is -0.497 e. The Morgan fingerprint density at radius 2 is 2.16 bits per heavy atom. The number of carbonyl (C=O) groups is 2. The molecule has 1 aromatic rings. The molecule has 0 bridgehead atoms. The molecule has 2 amide bonds. The van der Waals surface area contributed by atoms with Gasteiger partial charge in [-0.25, -0.2) is 0 Å². The van der Waals surface area contributed by atoms with Crippen LogP contribution in [0.15, 0.2) is 24.3 Å². The number of likely N-dealkylation sites (tertiary alicyclic amines) is 1. The van der Waals surface area contributed by atoms with Crippen LogP contribution in [0.4, 0.5) is 0 Å². The molecule has 0 saturated carbocycles. The average molecular weight is 346 g/mol. The summed E-state index contributed by atoms with van der Waals surface area (Å²) in [6, 6.07) is 7.65. The van der Waals surface area contributed by atoms with E-state index in [9.17, 15) is 9.59 Å². The number of hydrogen-bond donors (Lipinski definition) is 1. The highest BCUT2D eigenvalue weighted by Gasteiger charge is 2.34. The van der Waals surface area contributed by atoms with E-state index in [1.807, 2.05) is 24.3 Å². The number of nitrogens with one attached hydrogen (secondary N) is 1. The van der Waals surface area contributed by atoms with E-state index in [1.165, 1.54) is 0 Å². The van der Waals surface area contributed by atoms with Crippen molar-refractivity contribution < 1.29 is 19.1 Å². The lowest BCUT2D eigenvalue weighted by Gasteiger charge is -2.17. The molecule has 0 aromatic heterocycles. The zero-order valence-electron chi connectivity index (χ0n) is 14.7. The van der Waals surface area contributed by atoms with Gasteiger partial charge in [-0.3, -0.25) is 9.59 Å². The monoisotopic (exact) mass is 346 g/mol. The van der Waals surface area contributed by atoms with Crippen LogP contribution >= 0.6 is 0 Å². The molecule has 0 radical (unpaired) electrons. The Hall–Kier alpha value is -2.08. The lowest BCUT2D eigenvalue weighted by molar-refractivity contribution is -0.129. The Morgan fingerprint density at radius 3 is 2.84 bits per heavy atom. The van der Waals surface area contributed by atoms with E-state index in [0.29, 0.717) is 26.1 Å². The van der Waals surface area contributed by atoms with E-state index in [0.717, 1.165) is 37.2 Å². The topological polar surface area (TPSA) is 67.9 Å². The van der Waals surface area contributed by atoms with Crippen LogP contribution in [0.1, 0.15) is 31.2 Å². The third-order valence-electron chi connectivity index (χ3n) is 4.91. The summed E-state index contributed by atoms with van der Waals surface area (Å²) in [5.74, 6) is 0.550. The van der Waals surface area contributed by atoms with Crippen LogP contribution in [-0.4, -0.2) is 49.6 Å². The lowest BCUT2D eigenvalue weighted by atomic mass is 10.1. The summed E-state index contributed by atoms with van der Waals surface area (Å²) in [6.45, 7) is 2.46. The van der Waals surface area contributed by atoms with Gasteiger partial charge >= 0.3 is 0 Å². The van der Waals surface area contributed by atoms with Crippen molar-refractivity contribution in [2.24, 2.45) is 5.92 Å². The van der Waals surface area contributed by atoms with Crippen molar-refractivity contribution in [2.75, 3.05) is 26.8 Å². The molecule has 2 saturated heterocycles. The number of ether oxygens (including phenoxy) is 2. The number of nitrogens with zero attached hydrogens (tertiary/aromatic N) is 1. The van der Waals surface area contributed by atoms with E-state index < -0.39 is 0 Å². The van der Waals surface area contributed by atoms with Crippen molar-refractivity contribution in [2.45, 2.75) is 38.3 Å². The summed E-state index contributed by atoms with van der Waals surface area (Å²) >= 11 is 0. The van der Waals surface area contributed by atoms with Gasteiger partial charge in [0.1, 0.15) is 5.75 Å². The highest BCUT2D eigenvalue weighted by atomic mass is 16.5. The van der Waals surface area contributed by atoms with Crippen molar-refractivity contribution in [3.05, 3.63) is 29.8 Å². The van der Waals surface area contributed by atoms with Crippen LogP contribution in [0.25, 0.3) is 0 Å². The summed E-state index contributed by atoms with van der Waals surface area (Å²) in [7, 11) is 1.63. The predicted molar refractivity (Wildman–Crippen MR) is 93.1 cm³/mol. The van der Waals surface area contributed by atoms with Crippen LogP contribution in [-0.2, 0) is 20.9 Å². The van der Waals surface area contributed by atoms with Crippen molar-refractivity contribution in [1.29, 1.82) is 0 Å². The first kappa shape index (κ1) is 17.7. The van der Waals surface area contributed by atoms with Crippen molar-refractivity contribution in [3.63, 3.8) is 0 Å². The Balaban J connectivity index is 1.44. The van der Waals surface area contributed by atoms with Crippen molar-refractivity contribution >= 4 is 11.8 Å². The zero-order valence-corrected chi connectivity index (χ0v) is 14.7. The molecule has 0 unspecified atom stereocenters. The second kappa shape index (κ2) is 8.34. The van der Waals surface area contributed by atoms with Gasteiger partial charge in [0, 0.05) is 32.7 Å². The highest BCUT2D eigenvalue weighted by Crippen LogP contribution is 2.22. The van der Waals surface area contributed by atoms with Crippen LogP contribution in [0.3, 0.4) is 0 Å². The molecule has 25 heavy (non-hydrogen) atoms. The SMILES string of the molecule is COc1ccc(CN2C[C@H](C(=O)NCC[C@@H]3CCCO3)CC2=O)cc1. The molecule has 2 heterocycles. The summed E-state index contributed by atoms with van der Waals surface area (Å²) in [5.41, 5.74) is 1.04. The molecular weight excluding hydrogens is 320 g/mol. The number of hydrogen-bond acceptors (Lipinski definition) is 4. The van der Waals surface area contributed by atoms with Gasteiger partial charge in [-0.15, -0.1) is 0 Å². The molecule has 2 aliphatic rings. The quantitative estimate of drug-likeness (QED) is 0.816. The molecule has 2 aliphatic heterocycles. The maximum absolute atomic E-state index is 12.3. The van der Waals surface area contributed by atoms with E-state index in [1.54, 1.807) is 12.0 Å². The summed E-state index contributed by atoms with van der Waals surface area (Å²) in [5, 5.41) is 2.96. The molecule has 0 aliphatic carbocycles. The molecule has 6 nitrogen and oxygen atoms in total. The van der Waals surface area contributed by atoms with Crippen LogP contribution in [0.2, 0.25) is 0 Å². The van der Waals surface area contributed by atoms with Gasteiger partial charge in [-0.2, -0.15) is 0 Å². The fraction of sp³-hybridized carbons (Fsp3) is 0.579. The first-order valence-electron chi connectivity index (χ1n) is 8.95. The van der Waals surface area contributed by atoms with Gasteiger partial charge < -0.3 is 19.7 Å². The lowest BCUT2D eigenvalue weighted by Crippen LogP contribution is -2.34. The molecule has 1 N–H and O–H groups in total. The average Bonchev–Trinajstić information content (AvgIpc) is 3.26. The second-order valence-corrected chi connectivity index (χ2v) is 6.74. The number of methoxy groups -OCH3 is 1. The molecule has 136 valence electrons. The Bertz CT molecular complexity index is 596. The first-order chi connectivity index (χ1) is 12.2. The van der Waals surface area contributed by atoms with Crippen molar-refractivity contribution in [1.82, 2.24) is 10.2 Å². The minimum absolute atomic E-state index is 0.0245. The van der Waals surface area contributed by atoms with E-state index in [2.05, 4.69) is 5.32 Å². The molecule has 6 heteroatoms. The second-order valence-electron chi connectivity index (χ2n) is 6.74. The molecule has 2 fully saturated rings. The zero-order chi connectivity index (χ0) is 17.6. The Kier molecular flexibility index (Phi) is 5.91. The maximum atomic E-state index is 12.3. The number of rotatable bonds is 7. The van der Waals surface area contributed by atoms with Gasteiger partial charge in [0.2, 0.25) is 11.8 Å². The van der Waals surface area contributed by atoms with E-state index >= 15 is 0 Å². The fourth-order valence-corrected chi connectivity index (χ4v) is 3.42. The van der Waals surface area contributed by atoms with Crippen molar-refractivity contribution in [3.8, 4) is 5.75 Å². The highest BCUT2D eigenvalue weighted by molar-refractivity contribution is 5.89. The molecular formula is C19H26N2O4. The van der Waals surface area contributed by atoms with Gasteiger partial charge in [0.15, 0.2) is 0 Å². The van der Waals surface area contributed by atoms with Crippen LogP contribution in [0, 0.1) is 5.92 Å². The molecule has 3 rings (SSSR count). The summed E-state index contributed by atoms with van der Waals surface area (Å²) in [4.78, 5) is 26.3. The standard InChI is InChI=1S/C19H26N2O4/c1-24-16-6-4-14(5-7-16)12-21-13-15(11-18(21)22)19(23)20-9-8-17-3-2-10-25-17/h4-7,15,17H,2-3,8-13H2,1H3,(H,20,23)/t15-,17+/m1/s1. The molecule has 1 aromatic carbocycles. The minimum atomic E-state index is -0.254. The van der Waals surface area contributed by atoms with Gasteiger partial charge in [-0.1, -0.05) is 12.1 Å². The maximum Gasteiger partial charge on any atom is 0.225 e. The molecule has 2 atom stereocenters. The molecule has 0 spiro atoms. The summed E-state index contributed by atoms with van der Waals surface area (Å²) < 4.78 is 10.7. The Labute approximate surface area is 148 Å². The third-order valence-corrected chi connectivity index (χ3v) is 4.91. The normalized spacial score (nSPS) is 23.1. The third kappa shape index (κ3) is 4.72. The van der Waals surface area contributed by atoms with Gasteiger partial charge in [-0.05, 0) is 37.0 Å². The predicted octanol–water partition coefficient (Wildman–Crippen LogP) is 1.73. The number of carbonyl (C=O) groups excluding carboxylic acids is 2. The number of amides is 2. The van der Waals surface area contributed by atoms with Gasteiger partial charge in [0.25, 0.3) is 0 Å². The Morgan fingerprint density at radius 1 is 1.36 bits per heavy atom. The van der Waals surface area contributed by atoms with E-state index in [-0.39, 0.29) is 23.8 Å². The summed E-state index contributed by atoms with van der Waals surface area (Å²) in [6.07, 6.45) is 3.60. The number of benzene rings is 1. The van der Waals surface area contributed by atoms with Crippen LogP contribution < -0.4 is 10.1 Å².